The number of alkyl halides is 1. The second-order valence-corrected chi connectivity index (χ2v) is 18.3. The smallest absolute Gasteiger partial charge is 0.343 e. The Morgan fingerprint density at radius 2 is 1.73 bits per heavy atom. The van der Waals surface area contributed by atoms with Crippen molar-refractivity contribution in [1.82, 2.24) is 4.57 Å². The minimum absolute atomic E-state index is 0.0335. The van der Waals surface area contributed by atoms with Crippen molar-refractivity contribution in [2.75, 3.05) is 6.61 Å². The average molecular weight is 698 g/mol. The Bertz CT molecular complexity index is 1490. The lowest BCUT2D eigenvalue weighted by Crippen LogP contribution is -2.40. The van der Waals surface area contributed by atoms with E-state index in [0.717, 1.165) is 0 Å². The summed E-state index contributed by atoms with van der Waals surface area (Å²) in [5, 5.41) is -0.118. The zero-order valence-corrected chi connectivity index (χ0v) is 28.5. The molecular weight excluding hydrogens is 655 g/mol. The van der Waals surface area contributed by atoms with E-state index in [9.17, 15) is 14.4 Å². The summed E-state index contributed by atoms with van der Waals surface area (Å²) in [6.07, 6.45) is 2.79. The number of nitrogens with zero attached hydrogens (tertiary/aromatic N) is 1. The molecule has 1 atom stereocenters. The Kier molecular flexibility index (Phi) is 10.3. The Morgan fingerprint density at radius 3 is 2.29 bits per heavy atom. The summed E-state index contributed by atoms with van der Waals surface area (Å²) >= 11 is 2.08. The molecule has 0 unspecified atom stereocenters. The Hall–Kier alpha value is -2.11. The minimum atomic E-state index is -2.50. The maximum absolute atomic E-state index is 15.7. The first-order valence-corrected chi connectivity index (χ1v) is 18.5. The highest BCUT2D eigenvalue weighted by Crippen LogP contribution is 2.45. The molecule has 5 nitrogen and oxygen atoms in total. The van der Waals surface area contributed by atoms with Crippen LogP contribution in [-0.4, -0.2) is 30.3 Å². The molecule has 0 saturated heterocycles. The molecule has 0 bridgehead atoms. The van der Waals surface area contributed by atoms with Gasteiger partial charge in [0, 0.05) is 28.5 Å². The van der Waals surface area contributed by atoms with Crippen LogP contribution in [-0.2, 0) is 15.6 Å². The van der Waals surface area contributed by atoms with Crippen molar-refractivity contribution in [3.63, 3.8) is 0 Å². The van der Waals surface area contributed by atoms with Crippen LogP contribution in [0.25, 0.3) is 10.9 Å². The highest BCUT2D eigenvalue weighted by Gasteiger charge is 2.39. The predicted octanol–water partition coefficient (Wildman–Crippen LogP) is 8.33. The quantitative estimate of drug-likeness (QED) is 0.100. The van der Waals surface area contributed by atoms with Gasteiger partial charge in [-0.25, -0.2) is 13.6 Å². The van der Waals surface area contributed by atoms with E-state index >= 15 is 8.78 Å². The van der Waals surface area contributed by atoms with Gasteiger partial charge in [-0.1, -0.05) is 75.4 Å². The summed E-state index contributed by atoms with van der Waals surface area (Å²) in [4.78, 5) is 37.5. The number of esters is 1. The van der Waals surface area contributed by atoms with Gasteiger partial charge in [-0.15, -0.1) is 0 Å². The molecule has 0 fully saturated rings. The molecule has 1 heterocycles. The molecule has 0 amide bonds. The van der Waals surface area contributed by atoms with Crippen LogP contribution in [0.4, 0.5) is 8.78 Å². The molecule has 3 aromatic rings. The average Bonchev–Trinajstić information content (AvgIpc) is 2.86. The van der Waals surface area contributed by atoms with Gasteiger partial charge in [0.2, 0.25) is 5.43 Å². The highest BCUT2D eigenvalue weighted by molar-refractivity contribution is 14.1. The van der Waals surface area contributed by atoms with Crippen molar-refractivity contribution >= 4 is 47.8 Å². The second-order valence-electron chi connectivity index (χ2n) is 13.0. The molecule has 224 valence electrons. The molecule has 0 spiro atoms. The van der Waals surface area contributed by atoms with Crippen molar-refractivity contribution in [2.45, 2.75) is 89.4 Å². The number of hydrogen-bond acceptors (Lipinski definition) is 4. The lowest BCUT2D eigenvalue weighted by molar-refractivity contribution is 0.0523. The molecule has 41 heavy (non-hydrogen) atoms. The van der Waals surface area contributed by atoms with Crippen LogP contribution < -0.4 is 5.43 Å². The fourth-order valence-corrected chi connectivity index (χ4v) is 6.38. The third-order valence-electron chi connectivity index (χ3n) is 8.41. The van der Waals surface area contributed by atoms with Crippen LogP contribution in [0.5, 0.6) is 0 Å². The third-order valence-corrected chi connectivity index (χ3v) is 12.8. The SMILES string of the molecule is CCOC(=O)c1cn([C@H](CCC(C)(C)[Si](C)(C)O)C(C)(C)C)c2cc(F)c(Cc3cccc(CI)c3F)cc2c1=O. The van der Waals surface area contributed by atoms with Crippen LogP contribution in [0.1, 0.15) is 87.5 Å². The van der Waals surface area contributed by atoms with E-state index in [1.165, 1.54) is 18.3 Å². The van der Waals surface area contributed by atoms with E-state index in [0.29, 0.717) is 33.9 Å². The number of carbonyl (C=O) groups excluding carboxylic acids is 1. The fourth-order valence-electron chi connectivity index (χ4n) is 5.03. The zero-order valence-electron chi connectivity index (χ0n) is 25.3. The minimum Gasteiger partial charge on any atom is -0.462 e. The normalized spacial score (nSPS) is 13.5. The van der Waals surface area contributed by atoms with Gasteiger partial charge in [0.1, 0.15) is 17.2 Å². The molecule has 0 saturated carbocycles. The summed E-state index contributed by atoms with van der Waals surface area (Å²) in [6.45, 7) is 15.9. The third kappa shape index (κ3) is 7.28. The van der Waals surface area contributed by atoms with Crippen LogP contribution in [0, 0.1) is 17.0 Å². The van der Waals surface area contributed by atoms with E-state index in [2.05, 4.69) is 57.2 Å². The second kappa shape index (κ2) is 12.6. The zero-order chi connectivity index (χ0) is 30.9. The van der Waals surface area contributed by atoms with Gasteiger partial charge in [0.05, 0.1) is 12.1 Å². The Balaban J connectivity index is 2.27. The van der Waals surface area contributed by atoms with E-state index < -0.39 is 25.5 Å². The fraction of sp³-hybridized carbons (Fsp3) is 0.500. The molecule has 2 aromatic carbocycles. The predicted molar refractivity (Wildman–Crippen MR) is 173 cm³/mol. The van der Waals surface area contributed by atoms with Gasteiger partial charge in [0.15, 0.2) is 8.32 Å². The molecular formula is C32H42F2INO4Si. The maximum atomic E-state index is 15.7. The molecule has 1 N–H and O–H groups in total. The Morgan fingerprint density at radius 1 is 1.10 bits per heavy atom. The number of rotatable bonds is 10. The van der Waals surface area contributed by atoms with Crippen LogP contribution in [0.3, 0.4) is 0 Å². The molecule has 1 aromatic heterocycles. The van der Waals surface area contributed by atoms with Crippen molar-refractivity contribution in [2.24, 2.45) is 5.41 Å². The number of pyridine rings is 1. The summed E-state index contributed by atoms with van der Waals surface area (Å²) in [5.41, 5.74) is 0.390. The first-order valence-electron chi connectivity index (χ1n) is 14.0. The molecule has 0 radical (unpaired) electrons. The number of fused-ring (bicyclic) bond motifs is 1. The lowest BCUT2D eigenvalue weighted by atomic mass is 9.82. The summed E-state index contributed by atoms with van der Waals surface area (Å²) in [5.74, 6) is -1.67. The molecule has 3 rings (SSSR count). The van der Waals surface area contributed by atoms with Gasteiger partial charge in [-0.05, 0) is 72.1 Å². The maximum Gasteiger partial charge on any atom is 0.343 e. The van der Waals surface area contributed by atoms with Crippen molar-refractivity contribution in [1.29, 1.82) is 0 Å². The van der Waals surface area contributed by atoms with Crippen LogP contribution in [0.2, 0.25) is 18.1 Å². The van der Waals surface area contributed by atoms with E-state index in [1.807, 2.05) is 17.7 Å². The monoisotopic (exact) mass is 697 g/mol. The number of aromatic nitrogens is 1. The number of halogens is 3. The van der Waals surface area contributed by atoms with Crippen molar-refractivity contribution < 1.29 is 23.1 Å². The van der Waals surface area contributed by atoms with E-state index in [1.54, 1.807) is 25.1 Å². The number of carbonyl (C=O) groups is 1. The topological polar surface area (TPSA) is 68.5 Å². The standard InChI is InChI=1S/C32H42F2INO4Si/c1-9-40-30(38)24-19-36(27(31(2,3)4)13-14-32(5,6)41(7,8)39)26-17-25(33)22(16-23(26)29(24)37)15-20-11-10-12-21(18-35)28(20)34/h10-12,16-17,19,27,39H,9,13-15,18H2,1-8H3/t27-/m1/s1. The van der Waals surface area contributed by atoms with Gasteiger partial charge >= 0.3 is 5.97 Å². The van der Waals surface area contributed by atoms with Crippen molar-refractivity contribution in [3.8, 4) is 0 Å². The molecule has 0 aliphatic rings. The molecule has 0 aliphatic carbocycles. The van der Waals surface area contributed by atoms with Gasteiger partial charge in [0.25, 0.3) is 0 Å². The van der Waals surface area contributed by atoms with E-state index in [-0.39, 0.29) is 51.9 Å². The molecule has 9 heteroatoms. The van der Waals surface area contributed by atoms with Crippen molar-refractivity contribution in [3.05, 3.63) is 80.6 Å². The summed E-state index contributed by atoms with van der Waals surface area (Å²) in [7, 11) is -2.50. The number of ether oxygens (including phenoxy) is 1. The van der Waals surface area contributed by atoms with Crippen LogP contribution in [0.15, 0.2) is 41.3 Å². The highest BCUT2D eigenvalue weighted by atomic mass is 127. The first-order chi connectivity index (χ1) is 18.9. The van der Waals surface area contributed by atoms with E-state index in [4.69, 9.17) is 4.74 Å². The lowest BCUT2D eigenvalue weighted by Gasteiger charge is -2.40. The summed E-state index contributed by atoms with van der Waals surface area (Å²) < 4.78 is 38.3. The van der Waals surface area contributed by atoms with Crippen LogP contribution >= 0.6 is 22.6 Å². The molecule has 0 aliphatic heterocycles. The largest absolute Gasteiger partial charge is 0.462 e. The van der Waals surface area contributed by atoms with Gasteiger partial charge in [-0.2, -0.15) is 0 Å². The number of hydrogen-bond donors (Lipinski definition) is 1. The first kappa shape index (κ1) is 33.4. The number of benzene rings is 2. The van der Waals surface area contributed by atoms with Gasteiger partial charge in [-0.3, -0.25) is 4.79 Å². The Labute approximate surface area is 256 Å². The van der Waals surface area contributed by atoms with Gasteiger partial charge < -0.3 is 14.1 Å². The summed E-state index contributed by atoms with van der Waals surface area (Å²) in [6, 6.07) is 7.60.